The van der Waals surface area contributed by atoms with Crippen LogP contribution < -0.4 is 4.18 Å². The lowest BCUT2D eigenvalue weighted by Crippen LogP contribution is -2.12. The highest BCUT2D eigenvalue weighted by Gasteiger charge is 2.16. The van der Waals surface area contributed by atoms with Crippen LogP contribution in [0.1, 0.15) is 15.9 Å². The Hall–Kier alpha value is -1.61. The Morgan fingerprint density at radius 1 is 1.14 bits per heavy atom. The average molecular weight is 432 g/mol. The highest BCUT2D eigenvalue weighted by molar-refractivity contribution is 14.1. The molecule has 2 aromatic rings. The van der Waals surface area contributed by atoms with Crippen molar-refractivity contribution in [2.45, 2.75) is 5.75 Å². The lowest BCUT2D eigenvalue weighted by Gasteiger charge is -2.08. The van der Waals surface area contributed by atoms with Crippen molar-refractivity contribution in [3.05, 3.63) is 63.2 Å². The van der Waals surface area contributed by atoms with E-state index < -0.39 is 16.1 Å². The first-order valence-electron chi connectivity index (χ1n) is 6.24. The second-order valence-electron chi connectivity index (χ2n) is 4.43. The van der Waals surface area contributed by atoms with Gasteiger partial charge in [0.05, 0.1) is 12.7 Å². The molecule has 2 aromatic carbocycles. The maximum atomic E-state index is 12.1. The third kappa shape index (κ3) is 4.70. The molecule has 7 heteroatoms. The summed E-state index contributed by atoms with van der Waals surface area (Å²) in [6.07, 6.45) is 0. The standard InChI is InChI=1S/C15H13IO5S/c1-20-15(17)12-5-2-4-11(8-12)10-22(18,19)21-14-7-3-6-13(16)9-14/h2-9H,10H2,1H3. The molecule has 0 fully saturated rings. The van der Waals surface area contributed by atoms with Gasteiger partial charge in [-0.3, -0.25) is 0 Å². The predicted molar refractivity (Wildman–Crippen MR) is 90.2 cm³/mol. The van der Waals surface area contributed by atoms with Crippen LogP contribution in [-0.2, 0) is 20.6 Å². The molecule has 116 valence electrons. The van der Waals surface area contributed by atoms with Crippen LogP contribution in [0, 0.1) is 3.57 Å². The van der Waals surface area contributed by atoms with Crippen LogP contribution in [-0.4, -0.2) is 21.5 Å². The molecule has 0 aliphatic heterocycles. The zero-order chi connectivity index (χ0) is 16.2. The number of hydrogen-bond donors (Lipinski definition) is 0. The number of methoxy groups -OCH3 is 1. The van der Waals surface area contributed by atoms with Gasteiger partial charge >= 0.3 is 16.1 Å². The third-order valence-corrected chi connectivity index (χ3v) is 4.52. The van der Waals surface area contributed by atoms with Crippen LogP contribution in [0.4, 0.5) is 0 Å². The van der Waals surface area contributed by atoms with Crippen molar-refractivity contribution in [2.24, 2.45) is 0 Å². The Bertz CT molecular complexity index is 786. The van der Waals surface area contributed by atoms with Crippen molar-refractivity contribution in [3.8, 4) is 5.75 Å². The fourth-order valence-electron chi connectivity index (χ4n) is 1.80. The SMILES string of the molecule is COC(=O)c1cccc(CS(=O)(=O)Oc2cccc(I)c2)c1. The number of carbonyl (C=O) groups excluding carboxylic acids is 1. The van der Waals surface area contributed by atoms with Crippen molar-refractivity contribution in [2.75, 3.05) is 7.11 Å². The largest absolute Gasteiger partial charge is 0.465 e. The molecule has 0 bridgehead atoms. The normalized spacial score (nSPS) is 11.0. The van der Waals surface area contributed by atoms with E-state index in [9.17, 15) is 13.2 Å². The first-order chi connectivity index (χ1) is 10.4. The smallest absolute Gasteiger partial charge is 0.337 e. The topological polar surface area (TPSA) is 69.7 Å². The minimum absolute atomic E-state index is 0.260. The lowest BCUT2D eigenvalue weighted by atomic mass is 10.1. The Balaban J connectivity index is 2.17. The number of halogens is 1. The number of ether oxygens (including phenoxy) is 1. The molecule has 0 spiro atoms. The summed E-state index contributed by atoms with van der Waals surface area (Å²) in [7, 11) is -2.54. The second-order valence-corrected chi connectivity index (χ2v) is 7.25. The van der Waals surface area contributed by atoms with Gasteiger partial charge in [-0.15, -0.1) is 0 Å². The molecule has 0 heterocycles. The van der Waals surface area contributed by atoms with Crippen molar-refractivity contribution in [1.29, 1.82) is 0 Å². The Labute approximate surface area is 142 Å². The molecule has 0 saturated carbocycles. The van der Waals surface area contributed by atoms with E-state index in [2.05, 4.69) is 27.3 Å². The number of carbonyl (C=O) groups is 1. The van der Waals surface area contributed by atoms with Crippen LogP contribution in [0.2, 0.25) is 0 Å². The minimum Gasteiger partial charge on any atom is -0.465 e. The Morgan fingerprint density at radius 2 is 1.86 bits per heavy atom. The van der Waals surface area contributed by atoms with Gasteiger partial charge in [0, 0.05) is 3.57 Å². The van der Waals surface area contributed by atoms with Crippen LogP contribution >= 0.6 is 22.6 Å². The van der Waals surface area contributed by atoms with Gasteiger partial charge in [0.15, 0.2) is 0 Å². The molecule has 0 amide bonds. The van der Waals surface area contributed by atoms with Crippen LogP contribution in [0.25, 0.3) is 0 Å². The van der Waals surface area contributed by atoms with E-state index in [1.54, 1.807) is 36.4 Å². The quantitative estimate of drug-likeness (QED) is 0.413. The molecule has 0 atom stereocenters. The van der Waals surface area contributed by atoms with E-state index in [1.165, 1.54) is 13.2 Å². The molecule has 5 nitrogen and oxygen atoms in total. The van der Waals surface area contributed by atoms with Gasteiger partial charge in [-0.2, -0.15) is 8.42 Å². The van der Waals surface area contributed by atoms with Gasteiger partial charge in [-0.25, -0.2) is 4.79 Å². The van der Waals surface area contributed by atoms with Crippen LogP contribution in [0.15, 0.2) is 48.5 Å². The molecule has 0 aromatic heterocycles. The summed E-state index contributed by atoms with van der Waals surface area (Å²) < 4.78 is 34.7. The monoisotopic (exact) mass is 432 g/mol. The van der Waals surface area contributed by atoms with E-state index in [1.807, 2.05) is 6.07 Å². The number of rotatable bonds is 5. The van der Waals surface area contributed by atoms with Gasteiger partial charge in [0.25, 0.3) is 0 Å². The summed E-state index contributed by atoms with van der Waals surface area (Å²) in [5.74, 6) is -0.586. The number of esters is 1. The van der Waals surface area contributed by atoms with Crippen LogP contribution in [0.5, 0.6) is 5.75 Å². The fourth-order valence-corrected chi connectivity index (χ4v) is 3.36. The molecule has 22 heavy (non-hydrogen) atoms. The molecule has 0 saturated heterocycles. The summed E-state index contributed by atoms with van der Waals surface area (Å²) in [6, 6.07) is 13.0. The van der Waals surface area contributed by atoms with E-state index >= 15 is 0 Å². The van der Waals surface area contributed by atoms with E-state index in [0.29, 0.717) is 11.1 Å². The minimum atomic E-state index is -3.81. The zero-order valence-corrected chi connectivity index (χ0v) is 14.6. The van der Waals surface area contributed by atoms with Gasteiger partial charge in [0.1, 0.15) is 11.5 Å². The average Bonchev–Trinajstić information content (AvgIpc) is 2.45. The van der Waals surface area contributed by atoms with Crippen molar-refractivity contribution >= 4 is 38.7 Å². The zero-order valence-electron chi connectivity index (χ0n) is 11.7. The molecular weight excluding hydrogens is 419 g/mol. The fraction of sp³-hybridized carbons (Fsp3) is 0.133. The predicted octanol–water partition coefficient (Wildman–Crippen LogP) is 2.99. The Kier molecular flexibility index (Phi) is 5.41. The second kappa shape index (κ2) is 7.10. The summed E-state index contributed by atoms with van der Waals surface area (Å²) >= 11 is 2.07. The maximum Gasteiger partial charge on any atom is 0.337 e. The van der Waals surface area contributed by atoms with E-state index in [-0.39, 0.29) is 11.5 Å². The molecule has 0 radical (unpaired) electrons. The maximum absolute atomic E-state index is 12.1. The molecule has 0 N–H and O–H groups in total. The summed E-state index contributed by atoms with van der Waals surface area (Å²) in [5.41, 5.74) is 0.748. The highest BCUT2D eigenvalue weighted by Crippen LogP contribution is 2.19. The van der Waals surface area contributed by atoms with E-state index in [4.69, 9.17) is 4.18 Å². The highest BCUT2D eigenvalue weighted by atomic mass is 127. The first-order valence-corrected chi connectivity index (χ1v) is 8.90. The van der Waals surface area contributed by atoms with Gasteiger partial charge in [-0.05, 0) is 58.5 Å². The molecular formula is C15H13IO5S. The lowest BCUT2D eigenvalue weighted by molar-refractivity contribution is 0.0600. The molecule has 0 unspecified atom stereocenters. The Morgan fingerprint density at radius 3 is 2.55 bits per heavy atom. The van der Waals surface area contributed by atoms with Gasteiger partial charge in [-0.1, -0.05) is 18.2 Å². The summed E-state index contributed by atoms with van der Waals surface area (Å²) in [5, 5.41) is 0. The third-order valence-electron chi connectivity index (χ3n) is 2.71. The van der Waals surface area contributed by atoms with Gasteiger partial charge < -0.3 is 8.92 Å². The number of benzene rings is 2. The van der Waals surface area contributed by atoms with Crippen molar-refractivity contribution in [1.82, 2.24) is 0 Å². The van der Waals surface area contributed by atoms with Gasteiger partial charge in [0.2, 0.25) is 0 Å². The molecule has 0 aliphatic rings. The van der Waals surface area contributed by atoms with Crippen molar-refractivity contribution < 1.29 is 22.1 Å². The summed E-state index contributed by atoms with van der Waals surface area (Å²) in [4.78, 5) is 11.5. The summed E-state index contributed by atoms with van der Waals surface area (Å²) in [6.45, 7) is 0. The first kappa shape index (κ1) is 16.8. The molecule has 0 aliphatic carbocycles. The van der Waals surface area contributed by atoms with E-state index in [0.717, 1.165) is 3.57 Å². The van der Waals surface area contributed by atoms with Crippen molar-refractivity contribution in [3.63, 3.8) is 0 Å². The molecule has 2 rings (SSSR count). The van der Waals surface area contributed by atoms with Crippen LogP contribution in [0.3, 0.4) is 0 Å². The number of hydrogen-bond acceptors (Lipinski definition) is 5.